The molecule has 0 radical (unpaired) electrons. The normalized spacial score (nSPS) is 43.7. The summed E-state index contributed by atoms with van der Waals surface area (Å²) in [6, 6.07) is 10.5. The Morgan fingerprint density at radius 2 is 1.79 bits per heavy atom. The molecule has 4 saturated carbocycles. The molecule has 4 heteroatoms. The molecule has 1 aromatic carbocycles. The molecule has 2 nitrogen and oxygen atoms in total. The molecule has 0 aliphatic heterocycles. The first kappa shape index (κ1) is 29.2. The fourth-order valence-corrected chi connectivity index (χ4v) is 11.2. The monoisotopic (exact) mass is 562 g/mol. The van der Waals surface area contributed by atoms with Crippen LogP contribution in [0.5, 0.6) is 0 Å². The van der Waals surface area contributed by atoms with Gasteiger partial charge in [-0.15, -0.1) is 23.2 Å². The van der Waals surface area contributed by atoms with Gasteiger partial charge in [-0.3, -0.25) is 0 Å². The smallest absolute Gasteiger partial charge is 0.0720 e. The largest absolute Gasteiger partial charge is 0.390 e. The number of benzene rings is 1. The van der Waals surface area contributed by atoms with Gasteiger partial charge in [0, 0.05) is 0 Å². The number of hydrogen-bond donors (Lipinski definition) is 1. The minimum Gasteiger partial charge on any atom is -0.390 e. The molecule has 0 bridgehead atoms. The highest BCUT2D eigenvalue weighted by molar-refractivity contribution is 6.33. The predicted molar refractivity (Wildman–Crippen MR) is 160 cm³/mol. The summed E-state index contributed by atoms with van der Waals surface area (Å²) in [7, 11) is 0. The summed E-state index contributed by atoms with van der Waals surface area (Å²) in [6.45, 7) is 12.1. The van der Waals surface area contributed by atoms with Gasteiger partial charge in [-0.2, -0.15) is 0 Å². The minimum absolute atomic E-state index is 0.00384. The third kappa shape index (κ3) is 5.23. The SMILES string of the molecule is C[C@H](CCCC(C)(C)O)[C@H]1CC[C@H]2[C@@H]3C[C@@H](Cl)[C@@]4(Cl)C[C@@H](OCc5ccccc5)CC[C@]4(C)[C@H]3CC[C@]12C. The third-order valence-corrected chi connectivity index (χ3v) is 13.7. The quantitative estimate of drug-likeness (QED) is 0.319. The van der Waals surface area contributed by atoms with Crippen LogP contribution in [0.1, 0.15) is 111 Å². The van der Waals surface area contributed by atoms with Crippen molar-refractivity contribution in [1.82, 2.24) is 0 Å². The van der Waals surface area contributed by atoms with Crippen molar-refractivity contribution in [3.05, 3.63) is 35.9 Å². The van der Waals surface area contributed by atoms with E-state index in [9.17, 15) is 5.11 Å². The van der Waals surface area contributed by atoms with E-state index in [-0.39, 0.29) is 21.8 Å². The molecule has 1 aromatic rings. The van der Waals surface area contributed by atoms with Crippen molar-refractivity contribution in [3.63, 3.8) is 0 Å². The highest BCUT2D eigenvalue weighted by atomic mass is 35.5. The molecule has 0 amide bonds. The van der Waals surface area contributed by atoms with Gasteiger partial charge in [0.15, 0.2) is 0 Å². The first-order valence-electron chi connectivity index (χ1n) is 15.6. The Morgan fingerprint density at radius 1 is 1.05 bits per heavy atom. The lowest BCUT2D eigenvalue weighted by atomic mass is 9.44. The molecule has 0 heterocycles. The zero-order chi connectivity index (χ0) is 27.3. The van der Waals surface area contributed by atoms with Crippen molar-refractivity contribution >= 4 is 23.2 Å². The number of hydrogen-bond acceptors (Lipinski definition) is 2. The molecule has 0 aromatic heterocycles. The van der Waals surface area contributed by atoms with E-state index in [1.165, 1.54) is 37.7 Å². The molecule has 38 heavy (non-hydrogen) atoms. The van der Waals surface area contributed by atoms with Gasteiger partial charge in [-0.25, -0.2) is 0 Å². The molecule has 0 spiro atoms. The third-order valence-electron chi connectivity index (χ3n) is 12.2. The van der Waals surface area contributed by atoms with Crippen LogP contribution in [0.4, 0.5) is 0 Å². The minimum atomic E-state index is -0.549. The number of alkyl halides is 2. The molecule has 1 N–H and O–H groups in total. The van der Waals surface area contributed by atoms with Crippen molar-refractivity contribution in [1.29, 1.82) is 0 Å². The molecular formula is C34H52Cl2O2. The van der Waals surface area contributed by atoms with Gasteiger partial charge in [0.25, 0.3) is 0 Å². The van der Waals surface area contributed by atoms with Gasteiger partial charge in [0.05, 0.1) is 28.6 Å². The van der Waals surface area contributed by atoms with Gasteiger partial charge < -0.3 is 9.84 Å². The van der Waals surface area contributed by atoms with E-state index >= 15 is 0 Å². The van der Waals surface area contributed by atoms with E-state index in [4.69, 9.17) is 27.9 Å². The second-order valence-corrected chi connectivity index (χ2v) is 16.1. The van der Waals surface area contributed by atoms with Crippen molar-refractivity contribution in [2.45, 2.75) is 134 Å². The number of aliphatic hydroxyl groups is 1. The summed E-state index contributed by atoms with van der Waals surface area (Å²) in [6.07, 6.45) is 13.0. The van der Waals surface area contributed by atoms with Gasteiger partial charge in [0.2, 0.25) is 0 Å². The molecule has 4 fully saturated rings. The summed E-state index contributed by atoms with van der Waals surface area (Å²) >= 11 is 15.0. The molecular weight excluding hydrogens is 511 g/mol. The maximum absolute atomic E-state index is 10.2. The summed E-state index contributed by atoms with van der Waals surface area (Å²) in [5, 5.41) is 10.2. The fraction of sp³-hybridized carbons (Fsp3) is 0.824. The molecule has 214 valence electrons. The Bertz CT molecular complexity index is 946. The van der Waals surface area contributed by atoms with Crippen LogP contribution in [0.15, 0.2) is 30.3 Å². The number of fused-ring (bicyclic) bond motifs is 5. The van der Waals surface area contributed by atoms with Crippen LogP contribution >= 0.6 is 23.2 Å². The first-order valence-corrected chi connectivity index (χ1v) is 16.4. The average Bonchev–Trinajstić information content (AvgIpc) is 3.22. The molecule has 0 unspecified atom stereocenters. The van der Waals surface area contributed by atoms with Crippen LogP contribution in [0.25, 0.3) is 0 Å². The van der Waals surface area contributed by atoms with Crippen LogP contribution in [-0.2, 0) is 11.3 Å². The number of halogens is 2. The molecule has 4 aliphatic carbocycles. The summed E-state index contributed by atoms with van der Waals surface area (Å²) in [5.41, 5.74) is 1.18. The Hall–Kier alpha value is -0.280. The van der Waals surface area contributed by atoms with Gasteiger partial charge in [-0.05, 0) is 118 Å². The van der Waals surface area contributed by atoms with Gasteiger partial charge in [0.1, 0.15) is 0 Å². The fourth-order valence-electron chi connectivity index (χ4n) is 10.1. The van der Waals surface area contributed by atoms with E-state index in [2.05, 4.69) is 51.1 Å². The zero-order valence-electron chi connectivity index (χ0n) is 24.5. The topological polar surface area (TPSA) is 29.5 Å². The second kappa shape index (κ2) is 10.8. The van der Waals surface area contributed by atoms with Crippen LogP contribution < -0.4 is 0 Å². The maximum atomic E-state index is 10.2. The standard InChI is InChI=1S/C34H52Cl2O2/c1-23(10-9-17-31(2,3)37)27-13-14-28-26-20-30(35)34(36)21-25(38-22-24-11-7-6-8-12-24)15-19-33(34,5)29(26)16-18-32(27,28)4/h6-8,11-12,23,25-30,37H,9-10,13-22H2,1-5H3/t23-,25+,26+,27-,28+,29+,30-,32-,33-,34+/m1/s1. The highest BCUT2D eigenvalue weighted by Crippen LogP contribution is 2.71. The van der Waals surface area contributed by atoms with Crippen LogP contribution in [0.3, 0.4) is 0 Å². The lowest BCUT2D eigenvalue weighted by Crippen LogP contribution is -2.65. The lowest BCUT2D eigenvalue weighted by molar-refractivity contribution is -0.126. The summed E-state index contributed by atoms with van der Waals surface area (Å²) in [4.78, 5) is -0.383. The van der Waals surface area contributed by atoms with Crippen molar-refractivity contribution in [2.75, 3.05) is 0 Å². The molecule has 10 atom stereocenters. The second-order valence-electron chi connectivity index (χ2n) is 14.9. The Kier molecular flexibility index (Phi) is 8.34. The maximum Gasteiger partial charge on any atom is 0.0720 e. The summed E-state index contributed by atoms with van der Waals surface area (Å²) < 4.78 is 6.43. The average molecular weight is 564 g/mol. The van der Waals surface area contributed by atoms with Crippen molar-refractivity contribution in [2.24, 2.45) is 40.4 Å². The van der Waals surface area contributed by atoms with Gasteiger partial charge >= 0.3 is 0 Å². The molecule has 4 aliphatic rings. The molecule has 0 saturated heterocycles. The van der Waals surface area contributed by atoms with E-state index in [1.807, 2.05) is 13.8 Å². The summed E-state index contributed by atoms with van der Waals surface area (Å²) in [5.74, 6) is 3.66. The molecule has 5 rings (SSSR count). The Morgan fingerprint density at radius 3 is 2.50 bits per heavy atom. The van der Waals surface area contributed by atoms with Crippen LogP contribution in [0, 0.1) is 40.4 Å². The lowest BCUT2D eigenvalue weighted by Gasteiger charge is -2.65. The number of ether oxygens (including phenoxy) is 1. The Balaban J connectivity index is 1.27. The van der Waals surface area contributed by atoms with E-state index < -0.39 is 5.60 Å². The zero-order valence-corrected chi connectivity index (χ0v) is 26.0. The first-order chi connectivity index (χ1) is 17.9. The van der Waals surface area contributed by atoms with Crippen molar-refractivity contribution in [3.8, 4) is 0 Å². The van der Waals surface area contributed by atoms with E-state index in [1.54, 1.807) is 0 Å². The van der Waals surface area contributed by atoms with Crippen LogP contribution in [-0.4, -0.2) is 27.1 Å². The predicted octanol–water partition coefficient (Wildman–Crippen LogP) is 9.39. The highest BCUT2D eigenvalue weighted by Gasteiger charge is 2.67. The van der Waals surface area contributed by atoms with E-state index in [0.29, 0.717) is 23.9 Å². The Labute approximate surface area is 242 Å². The van der Waals surface area contributed by atoms with Crippen LogP contribution in [0.2, 0.25) is 0 Å². The number of rotatable bonds is 8. The van der Waals surface area contributed by atoms with Crippen molar-refractivity contribution < 1.29 is 9.84 Å². The van der Waals surface area contributed by atoms with Gasteiger partial charge in [-0.1, -0.05) is 63.9 Å². The van der Waals surface area contributed by atoms with E-state index in [0.717, 1.165) is 56.3 Å².